The third-order valence-electron chi connectivity index (χ3n) is 5.22. The van der Waals surface area contributed by atoms with Crippen LogP contribution in [0.5, 0.6) is 17.2 Å². The summed E-state index contributed by atoms with van der Waals surface area (Å²) in [7, 11) is 0.614. The summed E-state index contributed by atoms with van der Waals surface area (Å²) in [6.07, 6.45) is 2.84. The number of methoxy groups -OCH3 is 3. The number of aliphatic hydroxyl groups excluding tert-OH is 1. The Labute approximate surface area is 186 Å². The van der Waals surface area contributed by atoms with Crippen LogP contribution in [0.15, 0.2) is 60.7 Å². The van der Waals surface area contributed by atoms with Crippen LogP contribution in [0, 0.1) is 0 Å². The van der Waals surface area contributed by atoms with Crippen LogP contribution in [0.1, 0.15) is 11.1 Å². The lowest BCUT2D eigenvalue weighted by Crippen LogP contribution is -2.33. The van der Waals surface area contributed by atoms with Crippen molar-refractivity contribution >= 4 is 21.1 Å². The topological polar surface area (TPSA) is 101 Å². The first-order valence-corrected chi connectivity index (χ1v) is 11.1. The second kappa shape index (κ2) is 8.46. The summed E-state index contributed by atoms with van der Waals surface area (Å²) in [6, 6.07) is 12.3. The molecule has 1 N–H and O–H groups in total. The van der Waals surface area contributed by atoms with E-state index in [0.717, 1.165) is 19.6 Å². The van der Waals surface area contributed by atoms with Crippen LogP contribution < -0.4 is 14.2 Å². The van der Waals surface area contributed by atoms with Gasteiger partial charge in [-0.3, -0.25) is 9.29 Å². The molecule has 0 unspecified atom stereocenters. The fourth-order valence-corrected chi connectivity index (χ4v) is 4.93. The maximum absolute atomic E-state index is 13.1. The van der Waals surface area contributed by atoms with E-state index in [1.165, 1.54) is 20.4 Å². The predicted octanol–water partition coefficient (Wildman–Crippen LogP) is 3.18. The highest BCUT2D eigenvalue weighted by molar-refractivity contribution is 7.87. The van der Waals surface area contributed by atoms with Crippen molar-refractivity contribution in [1.29, 1.82) is 0 Å². The quantitative estimate of drug-likeness (QED) is 0.581. The van der Waals surface area contributed by atoms with Gasteiger partial charge in [0.15, 0.2) is 0 Å². The average Bonchev–Trinajstić information content (AvgIpc) is 3.01. The average molecular weight is 458 g/mol. The Morgan fingerprint density at radius 2 is 1.72 bits per heavy atom. The number of hydrogen-bond donors (Lipinski definition) is 1. The van der Waals surface area contributed by atoms with Crippen molar-refractivity contribution in [3.63, 3.8) is 0 Å². The van der Waals surface area contributed by atoms with Crippen molar-refractivity contribution < 1.29 is 27.7 Å². The molecule has 4 rings (SSSR count). The first kappa shape index (κ1) is 21.6. The predicted molar refractivity (Wildman–Crippen MR) is 119 cm³/mol. The molecule has 0 saturated heterocycles. The Bertz CT molecular complexity index is 1290. The van der Waals surface area contributed by atoms with Gasteiger partial charge in [-0.2, -0.15) is 8.42 Å². The number of aromatic nitrogens is 1. The molecule has 3 aromatic rings. The van der Waals surface area contributed by atoms with Gasteiger partial charge in [0.1, 0.15) is 17.2 Å². The van der Waals surface area contributed by atoms with Crippen molar-refractivity contribution in [1.82, 2.24) is 13.6 Å². The van der Waals surface area contributed by atoms with E-state index in [4.69, 9.17) is 14.2 Å². The number of fused-ring (bicyclic) bond motifs is 1. The van der Waals surface area contributed by atoms with Crippen molar-refractivity contribution in [3.05, 3.63) is 71.9 Å². The molecule has 32 heavy (non-hydrogen) atoms. The van der Waals surface area contributed by atoms with Crippen LogP contribution >= 0.6 is 0 Å². The van der Waals surface area contributed by atoms with Gasteiger partial charge in [-0.25, -0.2) is 4.31 Å². The first-order chi connectivity index (χ1) is 15.4. The molecule has 0 amide bonds. The highest BCUT2D eigenvalue weighted by atomic mass is 32.2. The summed E-state index contributed by atoms with van der Waals surface area (Å²) >= 11 is 0. The lowest BCUT2D eigenvalue weighted by molar-refractivity contribution is 0.281. The second-order valence-electron chi connectivity index (χ2n) is 7.09. The SMILES string of the molecule is COc1ccc(CN2C(O)=CN(Cc3ccc4c(OC)ccnc4c3)S2(=O)=O)c(OC)c1. The molecule has 9 nitrogen and oxygen atoms in total. The smallest absolute Gasteiger partial charge is 0.329 e. The van der Waals surface area contributed by atoms with Gasteiger partial charge in [0.05, 0.1) is 46.1 Å². The molecule has 0 bridgehead atoms. The van der Waals surface area contributed by atoms with Crippen LogP contribution in [-0.4, -0.2) is 48.4 Å². The number of pyridine rings is 1. The Kier molecular flexibility index (Phi) is 5.70. The minimum atomic E-state index is -3.99. The van der Waals surface area contributed by atoms with Gasteiger partial charge in [0, 0.05) is 23.2 Å². The Hall–Kier alpha value is -3.66. The van der Waals surface area contributed by atoms with Crippen molar-refractivity contribution in [2.45, 2.75) is 13.1 Å². The Morgan fingerprint density at radius 3 is 2.44 bits per heavy atom. The van der Waals surface area contributed by atoms with Gasteiger partial charge < -0.3 is 19.3 Å². The van der Waals surface area contributed by atoms with Gasteiger partial charge in [-0.05, 0) is 35.9 Å². The highest BCUT2D eigenvalue weighted by Crippen LogP contribution is 2.32. The van der Waals surface area contributed by atoms with Gasteiger partial charge in [0.2, 0.25) is 5.88 Å². The summed E-state index contributed by atoms with van der Waals surface area (Å²) in [5.41, 5.74) is 1.99. The largest absolute Gasteiger partial charge is 0.497 e. The van der Waals surface area contributed by atoms with Gasteiger partial charge >= 0.3 is 10.2 Å². The van der Waals surface area contributed by atoms with Crippen molar-refractivity contribution in [2.24, 2.45) is 0 Å². The molecular weight excluding hydrogens is 434 g/mol. The van der Waals surface area contributed by atoms with E-state index < -0.39 is 10.2 Å². The first-order valence-electron chi connectivity index (χ1n) is 9.70. The molecule has 0 radical (unpaired) electrons. The highest BCUT2D eigenvalue weighted by Gasteiger charge is 2.37. The number of hydrogen-bond acceptors (Lipinski definition) is 7. The molecule has 0 aliphatic carbocycles. The molecule has 2 aromatic carbocycles. The Balaban J connectivity index is 1.58. The molecule has 1 aromatic heterocycles. The molecular formula is C22H23N3O6S. The molecule has 0 fully saturated rings. The molecule has 0 saturated carbocycles. The van der Waals surface area contributed by atoms with E-state index in [1.54, 1.807) is 43.6 Å². The lowest BCUT2D eigenvalue weighted by Gasteiger charge is -2.22. The normalized spacial score (nSPS) is 15.0. The van der Waals surface area contributed by atoms with E-state index in [9.17, 15) is 13.5 Å². The monoisotopic (exact) mass is 457 g/mol. The van der Waals surface area contributed by atoms with E-state index in [1.807, 2.05) is 12.1 Å². The maximum atomic E-state index is 13.1. The molecule has 2 heterocycles. The molecule has 0 spiro atoms. The van der Waals surface area contributed by atoms with Crippen LogP contribution in [0.2, 0.25) is 0 Å². The van der Waals surface area contributed by atoms with Crippen LogP contribution in [0.4, 0.5) is 0 Å². The zero-order chi connectivity index (χ0) is 22.9. The fourth-order valence-electron chi connectivity index (χ4n) is 3.56. The summed E-state index contributed by atoms with van der Waals surface area (Å²) in [4.78, 5) is 4.33. The third-order valence-corrected chi connectivity index (χ3v) is 6.92. The van der Waals surface area contributed by atoms with Gasteiger partial charge in [0.25, 0.3) is 0 Å². The van der Waals surface area contributed by atoms with Crippen LogP contribution in [0.3, 0.4) is 0 Å². The molecule has 168 valence electrons. The zero-order valence-electron chi connectivity index (χ0n) is 17.8. The van der Waals surface area contributed by atoms with E-state index in [0.29, 0.717) is 28.3 Å². The molecule has 10 heteroatoms. The standard InChI is InChI=1S/C22H23N3O6S/c1-29-17-6-5-16(21(11-17)31-3)13-25-22(26)14-24(32(25,27)28)12-15-4-7-18-19(10-15)23-9-8-20(18)30-2/h4-11,14,26H,12-13H2,1-3H3. The maximum Gasteiger partial charge on any atom is 0.329 e. The number of rotatable bonds is 7. The lowest BCUT2D eigenvalue weighted by atomic mass is 10.1. The van der Waals surface area contributed by atoms with Gasteiger partial charge in [-0.15, -0.1) is 0 Å². The second-order valence-corrected chi connectivity index (χ2v) is 8.89. The number of benzene rings is 2. The number of nitrogens with zero attached hydrogens (tertiary/aromatic N) is 3. The van der Waals surface area contributed by atoms with E-state index in [-0.39, 0.29) is 19.0 Å². The Morgan fingerprint density at radius 1 is 0.938 bits per heavy atom. The minimum Gasteiger partial charge on any atom is -0.497 e. The number of ether oxygens (including phenoxy) is 3. The summed E-state index contributed by atoms with van der Waals surface area (Å²) < 4.78 is 44.2. The van der Waals surface area contributed by atoms with E-state index in [2.05, 4.69) is 4.98 Å². The zero-order valence-corrected chi connectivity index (χ0v) is 18.7. The summed E-state index contributed by atoms with van der Waals surface area (Å²) in [6.45, 7) is -0.0533. The number of aliphatic hydroxyl groups is 1. The van der Waals surface area contributed by atoms with E-state index >= 15 is 0 Å². The van der Waals surface area contributed by atoms with Crippen molar-refractivity contribution in [3.8, 4) is 17.2 Å². The van der Waals surface area contributed by atoms with Crippen LogP contribution in [0.25, 0.3) is 10.9 Å². The minimum absolute atomic E-state index is 0.0392. The van der Waals surface area contributed by atoms with Gasteiger partial charge in [-0.1, -0.05) is 6.07 Å². The molecule has 1 aliphatic rings. The third kappa shape index (κ3) is 3.84. The van der Waals surface area contributed by atoms with Crippen LogP contribution in [-0.2, 0) is 23.3 Å². The molecule has 0 atom stereocenters. The molecule has 1 aliphatic heterocycles. The van der Waals surface area contributed by atoms with Crippen molar-refractivity contribution in [2.75, 3.05) is 21.3 Å². The fraction of sp³-hybridized carbons (Fsp3) is 0.227. The summed E-state index contributed by atoms with van der Waals surface area (Å²) in [5.74, 6) is 1.36. The summed E-state index contributed by atoms with van der Waals surface area (Å²) in [5, 5.41) is 11.2.